The molecule has 0 radical (unpaired) electrons. The fourth-order valence-electron chi connectivity index (χ4n) is 3.92. The van der Waals surface area contributed by atoms with Crippen molar-refractivity contribution in [1.82, 2.24) is 29.9 Å². The maximum atomic E-state index is 5.51. The summed E-state index contributed by atoms with van der Waals surface area (Å²) in [5, 5.41) is 11.7. The van der Waals surface area contributed by atoms with Crippen molar-refractivity contribution in [1.29, 1.82) is 0 Å². The average Bonchev–Trinajstić information content (AvgIpc) is 3.45. The lowest BCUT2D eigenvalue weighted by Gasteiger charge is -2.36. The van der Waals surface area contributed by atoms with Gasteiger partial charge in [-0.2, -0.15) is 0 Å². The molecular formula is C23H34IN7O2. The Bertz CT molecular complexity index is 954. The van der Waals surface area contributed by atoms with Crippen molar-refractivity contribution >= 4 is 29.9 Å². The van der Waals surface area contributed by atoms with Gasteiger partial charge >= 0.3 is 0 Å². The lowest BCUT2D eigenvalue weighted by Crippen LogP contribution is -2.52. The monoisotopic (exact) mass is 567 g/mol. The molecule has 1 saturated heterocycles. The van der Waals surface area contributed by atoms with Crippen LogP contribution in [0.5, 0.6) is 11.5 Å². The van der Waals surface area contributed by atoms with Crippen LogP contribution in [-0.2, 0) is 19.5 Å². The summed E-state index contributed by atoms with van der Waals surface area (Å²) >= 11 is 0. The molecule has 0 atom stereocenters. The molecule has 9 nitrogen and oxygen atoms in total. The Kier molecular flexibility index (Phi) is 9.36. The average molecular weight is 567 g/mol. The molecule has 1 aromatic carbocycles. The quantitative estimate of drug-likeness (QED) is 0.227. The van der Waals surface area contributed by atoms with Gasteiger partial charge < -0.3 is 24.3 Å². The number of aryl methyl sites for hydroxylation is 1. The number of aromatic nitrogens is 3. The van der Waals surface area contributed by atoms with Crippen molar-refractivity contribution in [2.45, 2.75) is 33.4 Å². The summed E-state index contributed by atoms with van der Waals surface area (Å²) in [4.78, 5) is 9.61. The Morgan fingerprint density at radius 1 is 1.18 bits per heavy atom. The third-order valence-corrected chi connectivity index (χ3v) is 5.66. The van der Waals surface area contributed by atoms with Gasteiger partial charge in [-0.05, 0) is 24.6 Å². The molecule has 2 aromatic rings. The highest BCUT2D eigenvalue weighted by atomic mass is 127. The Balaban J connectivity index is 0.00000306. The predicted octanol–water partition coefficient (Wildman–Crippen LogP) is 2.53. The molecule has 10 heteroatoms. The van der Waals surface area contributed by atoms with E-state index in [9.17, 15) is 0 Å². The maximum absolute atomic E-state index is 5.51. The Morgan fingerprint density at radius 3 is 2.73 bits per heavy atom. The summed E-state index contributed by atoms with van der Waals surface area (Å²) in [7, 11) is 0. The fourth-order valence-corrected chi connectivity index (χ4v) is 3.92. The summed E-state index contributed by atoms with van der Waals surface area (Å²) in [5.74, 6) is 3.63. The number of nitrogens with one attached hydrogen (secondary N) is 1. The topological polar surface area (TPSA) is 80.0 Å². The zero-order chi connectivity index (χ0) is 22.3. The van der Waals surface area contributed by atoms with Crippen LogP contribution < -0.4 is 14.8 Å². The Labute approximate surface area is 212 Å². The Morgan fingerprint density at radius 2 is 1.97 bits per heavy atom. The van der Waals surface area contributed by atoms with Gasteiger partial charge in [0, 0.05) is 52.2 Å². The van der Waals surface area contributed by atoms with E-state index in [-0.39, 0.29) is 24.0 Å². The molecule has 4 rings (SSSR count). The lowest BCUT2D eigenvalue weighted by atomic mass is 10.1. The number of ether oxygens (including phenoxy) is 2. The predicted molar refractivity (Wildman–Crippen MR) is 139 cm³/mol. The van der Waals surface area contributed by atoms with Crippen molar-refractivity contribution in [3.8, 4) is 11.5 Å². The lowest BCUT2D eigenvalue weighted by molar-refractivity contribution is 0.171. The number of fused-ring (bicyclic) bond motifs is 1. The van der Waals surface area contributed by atoms with E-state index in [2.05, 4.69) is 55.5 Å². The second kappa shape index (κ2) is 12.2. The third-order valence-electron chi connectivity index (χ3n) is 5.66. The van der Waals surface area contributed by atoms with E-state index >= 15 is 0 Å². The number of guanidine groups is 1. The molecule has 0 spiro atoms. The Hall–Kier alpha value is -2.34. The van der Waals surface area contributed by atoms with Crippen molar-refractivity contribution in [2.24, 2.45) is 4.99 Å². The van der Waals surface area contributed by atoms with E-state index in [0.717, 1.165) is 81.1 Å². The van der Waals surface area contributed by atoms with Crippen molar-refractivity contribution in [3.63, 3.8) is 0 Å². The van der Waals surface area contributed by atoms with Crippen LogP contribution in [0.1, 0.15) is 25.2 Å². The van der Waals surface area contributed by atoms with E-state index in [4.69, 9.17) is 14.5 Å². The molecule has 1 N–H and O–H groups in total. The standard InChI is InChI=1S/C23H33N7O2.HI/c1-4-22-27-26-16-30(22)8-7-24-23(25-14-18(2)3)29-11-9-28(10-12-29)15-19-5-6-20-21(13-19)32-17-31-20;/h5-6,13,16H,2,4,7-12,14-15,17H2,1,3H3,(H,24,25);1H. The van der Waals surface area contributed by atoms with Crippen LogP contribution in [0.3, 0.4) is 0 Å². The van der Waals surface area contributed by atoms with Crippen LogP contribution in [0.4, 0.5) is 0 Å². The second-order valence-electron chi connectivity index (χ2n) is 8.27. The van der Waals surface area contributed by atoms with Crippen molar-refractivity contribution in [2.75, 3.05) is 46.1 Å². The molecule has 0 aliphatic carbocycles. The van der Waals surface area contributed by atoms with Crippen LogP contribution in [0.15, 0.2) is 41.7 Å². The van der Waals surface area contributed by atoms with Crippen LogP contribution in [0, 0.1) is 0 Å². The number of hydrogen-bond acceptors (Lipinski definition) is 6. The molecule has 1 aromatic heterocycles. The second-order valence-corrected chi connectivity index (χ2v) is 8.27. The SMILES string of the molecule is C=C(C)CN=C(NCCn1cnnc1CC)N1CCN(Cc2ccc3c(c2)OCO3)CC1.I. The third kappa shape index (κ3) is 6.83. The molecule has 0 unspecified atom stereocenters. The fraction of sp³-hybridized carbons (Fsp3) is 0.522. The van der Waals surface area contributed by atoms with E-state index in [1.54, 1.807) is 6.33 Å². The normalized spacial score (nSPS) is 15.9. The summed E-state index contributed by atoms with van der Waals surface area (Å²) in [5.41, 5.74) is 2.30. The van der Waals surface area contributed by atoms with Gasteiger partial charge in [0.25, 0.3) is 0 Å². The summed E-state index contributed by atoms with van der Waals surface area (Å²) in [6.07, 6.45) is 2.67. The number of nitrogens with zero attached hydrogens (tertiary/aromatic N) is 6. The minimum absolute atomic E-state index is 0. The molecule has 0 saturated carbocycles. The van der Waals surface area contributed by atoms with Crippen molar-refractivity contribution in [3.05, 3.63) is 48.1 Å². The molecule has 0 bridgehead atoms. The highest BCUT2D eigenvalue weighted by Crippen LogP contribution is 2.32. The molecular weight excluding hydrogens is 533 g/mol. The number of hydrogen-bond donors (Lipinski definition) is 1. The van der Waals surface area contributed by atoms with E-state index in [1.165, 1.54) is 5.56 Å². The van der Waals surface area contributed by atoms with E-state index in [1.807, 2.05) is 13.0 Å². The van der Waals surface area contributed by atoms with Gasteiger partial charge in [-0.15, -0.1) is 34.2 Å². The minimum Gasteiger partial charge on any atom is -0.454 e. The van der Waals surface area contributed by atoms with Gasteiger partial charge in [-0.3, -0.25) is 4.90 Å². The van der Waals surface area contributed by atoms with Gasteiger partial charge in [0.2, 0.25) is 6.79 Å². The number of piperazine rings is 1. The smallest absolute Gasteiger partial charge is 0.231 e. The molecule has 33 heavy (non-hydrogen) atoms. The molecule has 3 heterocycles. The first kappa shape index (κ1) is 25.3. The zero-order valence-electron chi connectivity index (χ0n) is 19.5. The van der Waals surface area contributed by atoms with E-state index in [0.29, 0.717) is 13.3 Å². The molecule has 1 fully saturated rings. The molecule has 2 aliphatic heterocycles. The first-order chi connectivity index (χ1) is 15.6. The number of rotatable bonds is 8. The van der Waals surface area contributed by atoms with Gasteiger partial charge in [0.05, 0.1) is 6.54 Å². The molecule has 180 valence electrons. The van der Waals surface area contributed by atoms with Gasteiger partial charge in [0.15, 0.2) is 17.5 Å². The number of aliphatic imine (C=N–C) groups is 1. The van der Waals surface area contributed by atoms with Crippen LogP contribution in [0.25, 0.3) is 0 Å². The number of halogens is 1. The van der Waals surface area contributed by atoms with Crippen LogP contribution in [-0.4, -0.2) is 76.6 Å². The minimum atomic E-state index is 0. The molecule has 2 aliphatic rings. The summed E-state index contributed by atoms with van der Waals surface area (Å²) < 4.78 is 13.0. The first-order valence-corrected chi connectivity index (χ1v) is 11.3. The largest absolute Gasteiger partial charge is 0.454 e. The van der Waals surface area contributed by atoms with Gasteiger partial charge in [0.1, 0.15) is 12.2 Å². The highest BCUT2D eigenvalue weighted by molar-refractivity contribution is 14.0. The van der Waals surface area contributed by atoms with Gasteiger partial charge in [-0.25, -0.2) is 4.99 Å². The summed E-state index contributed by atoms with van der Waals surface area (Å²) in [6.45, 7) is 15.4. The van der Waals surface area contributed by atoms with Crippen molar-refractivity contribution < 1.29 is 9.47 Å². The highest BCUT2D eigenvalue weighted by Gasteiger charge is 2.21. The first-order valence-electron chi connectivity index (χ1n) is 11.3. The van der Waals surface area contributed by atoms with Gasteiger partial charge in [-0.1, -0.05) is 25.1 Å². The molecule has 0 amide bonds. The van der Waals surface area contributed by atoms with Crippen LogP contribution >= 0.6 is 24.0 Å². The van der Waals surface area contributed by atoms with Crippen LogP contribution in [0.2, 0.25) is 0 Å². The zero-order valence-corrected chi connectivity index (χ0v) is 21.8. The number of benzene rings is 1. The summed E-state index contributed by atoms with van der Waals surface area (Å²) in [6, 6.07) is 6.21. The van der Waals surface area contributed by atoms with E-state index < -0.39 is 0 Å². The maximum Gasteiger partial charge on any atom is 0.231 e.